The van der Waals surface area contributed by atoms with Crippen molar-refractivity contribution in [2.24, 2.45) is 5.41 Å². The van der Waals surface area contributed by atoms with Crippen molar-refractivity contribution >= 4 is 6.09 Å². The zero-order valence-electron chi connectivity index (χ0n) is 15.9. The van der Waals surface area contributed by atoms with Crippen molar-refractivity contribution in [1.29, 1.82) is 0 Å². The number of carboxylic acid groups (broad SMARTS) is 1. The lowest BCUT2D eigenvalue weighted by Gasteiger charge is -2.27. The van der Waals surface area contributed by atoms with E-state index in [1.165, 1.54) is 13.2 Å². The van der Waals surface area contributed by atoms with Gasteiger partial charge in [0.15, 0.2) is 0 Å². The number of rotatable bonds is 5. The van der Waals surface area contributed by atoms with Gasteiger partial charge >= 0.3 is 6.09 Å². The molecule has 6 heteroatoms. The third kappa shape index (κ3) is 3.56. The molecule has 2 N–H and O–H groups in total. The molecule has 1 amide bonds. The predicted octanol–water partition coefficient (Wildman–Crippen LogP) is 4.79. The summed E-state index contributed by atoms with van der Waals surface area (Å²) in [5.74, 6) is 0.588. The number of benzene rings is 2. The molecule has 0 unspecified atom stereocenters. The van der Waals surface area contributed by atoms with Crippen molar-refractivity contribution in [2.45, 2.75) is 33.2 Å². The summed E-state index contributed by atoms with van der Waals surface area (Å²) in [5, 5.41) is 11.8. The first-order valence-electron chi connectivity index (χ1n) is 8.89. The lowest BCUT2D eigenvalue weighted by atomic mass is 9.85. The van der Waals surface area contributed by atoms with Crippen LogP contribution in [0.4, 0.5) is 9.18 Å². The number of nitrogens with one attached hydrogen (secondary N) is 1. The molecule has 0 aromatic heterocycles. The molecule has 0 bridgehead atoms. The average Bonchev–Trinajstić information content (AvgIpc) is 2.84. The summed E-state index contributed by atoms with van der Waals surface area (Å²) in [6.07, 6.45) is -0.381. The van der Waals surface area contributed by atoms with Crippen LogP contribution in [0.1, 0.15) is 37.9 Å². The van der Waals surface area contributed by atoms with E-state index in [4.69, 9.17) is 9.47 Å². The Balaban J connectivity index is 2.14. The van der Waals surface area contributed by atoms with Crippen molar-refractivity contribution in [1.82, 2.24) is 5.32 Å². The molecule has 0 saturated carbocycles. The minimum absolute atomic E-state index is 0.290. The Labute approximate surface area is 158 Å². The first-order valence-corrected chi connectivity index (χ1v) is 8.89. The fourth-order valence-corrected chi connectivity index (χ4v) is 3.80. The summed E-state index contributed by atoms with van der Waals surface area (Å²) < 4.78 is 25.5. The fraction of sp³-hybridized carbons (Fsp3) is 0.381. The molecule has 2 aromatic rings. The Morgan fingerprint density at radius 2 is 2.04 bits per heavy atom. The van der Waals surface area contributed by atoms with Gasteiger partial charge in [-0.1, -0.05) is 13.8 Å². The third-order valence-electron chi connectivity index (χ3n) is 5.01. The van der Waals surface area contributed by atoms with Gasteiger partial charge in [0.2, 0.25) is 0 Å². The van der Waals surface area contributed by atoms with Crippen LogP contribution in [0.25, 0.3) is 11.1 Å². The van der Waals surface area contributed by atoms with Crippen molar-refractivity contribution in [3.8, 4) is 22.6 Å². The monoisotopic (exact) mass is 373 g/mol. The zero-order valence-corrected chi connectivity index (χ0v) is 15.9. The zero-order chi connectivity index (χ0) is 19.8. The highest BCUT2D eigenvalue weighted by Gasteiger charge is 2.40. The van der Waals surface area contributed by atoms with Gasteiger partial charge in [0.05, 0.1) is 19.8 Å². The molecule has 0 radical (unpaired) electrons. The standard InChI is InChI=1S/C21H24FNO4/c1-5-27-18-10-15-12(11-21(2,3)19(15)23-20(24)25)8-16(18)14-7-6-13(26-4)9-17(14)22/h6-10,19,23H,5,11H2,1-4H3,(H,24,25)/t19-/m0/s1. The summed E-state index contributed by atoms with van der Waals surface area (Å²) in [6, 6.07) is 8.13. The average molecular weight is 373 g/mol. The molecule has 27 heavy (non-hydrogen) atoms. The molecule has 0 fully saturated rings. The minimum atomic E-state index is -1.07. The summed E-state index contributed by atoms with van der Waals surface area (Å²) >= 11 is 0. The molecule has 5 nitrogen and oxygen atoms in total. The normalized spacial score (nSPS) is 17.3. The molecule has 0 heterocycles. The number of hydrogen-bond acceptors (Lipinski definition) is 3. The van der Waals surface area contributed by atoms with E-state index < -0.39 is 11.9 Å². The van der Waals surface area contributed by atoms with Crippen LogP contribution in [-0.4, -0.2) is 24.9 Å². The molecule has 0 aliphatic heterocycles. The molecule has 2 aromatic carbocycles. The second-order valence-electron chi connectivity index (χ2n) is 7.37. The quantitative estimate of drug-likeness (QED) is 0.791. The summed E-state index contributed by atoms with van der Waals surface area (Å²) in [6.45, 7) is 6.31. The predicted molar refractivity (Wildman–Crippen MR) is 101 cm³/mol. The molecule has 0 spiro atoms. The molecule has 3 rings (SSSR count). The maximum atomic E-state index is 14.7. The van der Waals surface area contributed by atoms with Gasteiger partial charge in [-0.2, -0.15) is 0 Å². The van der Waals surface area contributed by atoms with Gasteiger partial charge in [0.1, 0.15) is 17.3 Å². The number of hydrogen-bond donors (Lipinski definition) is 2. The van der Waals surface area contributed by atoms with Gasteiger partial charge in [-0.15, -0.1) is 0 Å². The second-order valence-corrected chi connectivity index (χ2v) is 7.37. The van der Waals surface area contributed by atoms with E-state index >= 15 is 0 Å². The Kier molecular flexibility index (Phi) is 5.00. The summed E-state index contributed by atoms with van der Waals surface area (Å²) in [5.41, 5.74) is 2.66. The maximum Gasteiger partial charge on any atom is 0.405 e. The Bertz CT molecular complexity index is 879. The smallest absolute Gasteiger partial charge is 0.405 e. The number of methoxy groups -OCH3 is 1. The van der Waals surface area contributed by atoms with Crippen molar-refractivity contribution in [2.75, 3.05) is 13.7 Å². The highest BCUT2D eigenvalue weighted by molar-refractivity contribution is 5.74. The van der Waals surface area contributed by atoms with E-state index in [1.807, 2.05) is 32.9 Å². The summed E-state index contributed by atoms with van der Waals surface area (Å²) in [7, 11) is 1.49. The maximum absolute atomic E-state index is 14.7. The molecular weight excluding hydrogens is 349 g/mol. The van der Waals surface area contributed by atoms with Crippen LogP contribution in [0.5, 0.6) is 11.5 Å². The SMILES string of the molecule is CCOc1cc2c(cc1-c1ccc(OC)cc1F)CC(C)(C)[C@H]2NC(=O)O. The largest absolute Gasteiger partial charge is 0.497 e. The Morgan fingerprint density at radius 1 is 1.30 bits per heavy atom. The Hall–Kier alpha value is -2.76. The van der Waals surface area contributed by atoms with Crippen LogP contribution >= 0.6 is 0 Å². The topological polar surface area (TPSA) is 67.8 Å². The first-order chi connectivity index (χ1) is 12.8. The number of carbonyl (C=O) groups is 1. The summed E-state index contributed by atoms with van der Waals surface area (Å²) in [4.78, 5) is 11.3. The minimum Gasteiger partial charge on any atom is -0.497 e. The van der Waals surface area contributed by atoms with E-state index in [0.717, 1.165) is 11.1 Å². The van der Waals surface area contributed by atoms with E-state index in [9.17, 15) is 14.3 Å². The molecular formula is C21H24FNO4. The second kappa shape index (κ2) is 7.10. The molecule has 1 atom stereocenters. The van der Waals surface area contributed by atoms with Gasteiger partial charge in [0.25, 0.3) is 0 Å². The van der Waals surface area contributed by atoms with Gasteiger partial charge in [-0.25, -0.2) is 9.18 Å². The first kappa shape index (κ1) is 19.0. The number of halogens is 1. The van der Waals surface area contributed by atoms with Crippen LogP contribution in [0, 0.1) is 11.2 Å². The number of amides is 1. The van der Waals surface area contributed by atoms with Crippen molar-refractivity contribution in [3.63, 3.8) is 0 Å². The molecule has 1 aliphatic rings. The fourth-order valence-electron chi connectivity index (χ4n) is 3.80. The lowest BCUT2D eigenvalue weighted by Crippen LogP contribution is -2.34. The van der Waals surface area contributed by atoms with E-state index in [-0.39, 0.29) is 11.5 Å². The Morgan fingerprint density at radius 3 is 2.63 bits per heavy atom. The van der Waals surface area contributed by atoms with Gasteiger partial charge in [-0.05, 0) is 54.2 Å². The van der Waals surface area contributed by atoms with Crippen molar-refractivity contribution in [3.05, 3.63) is 47.3 Å². The molecule has 144 valence electrons. The number of fused-ring (bicyclic) bond motifs is 1. The molecule has 1 aliphatic carbocycles. The van der Waals surface area contributed by atoms with Crippen LogP contribution < -0.4 is 14.8 Å². The van der Waals surface area contributed by atoms with E-state index in [1.54, 1.807) is 12.1 Å². The van der Waals surface area contributed by atoms with Crippen LogP contribution in [-0.2, 0) is 6.42 Å². The van der Waals surface area contributed by atoms with Crippen molar-refractivity contribution < 1.29 is 23.8 Å². The van der Waals surface area contributed by atoms with Gasteiger partial charge < -0.3 is 19.9 Å². The highest BCUT2D eigenvalue weighted by atomic mass is 19.1. The van der Waals surface area contributed by atoms with Gasteiger partial charge in [0, 0.05) is 17.2 Å². The highest BCUT2D eigenvalue weighted by Crippen LogP contribution is 2.49. The number of ether oxygens (including phenoxy) is 2. The van der Waals surface area contributed by atoms with Gasteiger partial charge in [-0.3, -0.25) is 0 Å². The van der Waals surface area contributed by atoms with Crippen LogP contribution in [0.3, 0.4) is 0 Å². The van der Waals surface area contributed by atoms with E-state index in [2.05, 4.69) is 5.32 Å². The van der Waals surface area contributed by atoms with Crippen LogP contribution in [0.2, 0.25) is 0 Å². The lowest BCUT2D eigenvalue weighted by molar-refractivity contribution is 0.175. The molecule has 0 saturated heterocycles. The van der Waals surface area contributed by atoms with E-state index in [0.29, 0.717) is 35.7 Å². The van der Waals surface area contributed by atoms with Crippen LogP contribution in [0.15, 0.2) is 30.3 Å². The third-order valence-corrected chi connectivity index (χ3v) is 5.01.